The van der Waals surface area contributed by atoms with Crippen LogP contribution in [0.25, 0.3) is 11.1 Å². The molecule has 1 atom stereocenters. The smallest absolute Gasteiger partial charge is 0.255 e. The van der Waals surface area contributed by atoms with Crippen molar-refractivity contribution >= 4 is 17.7 Å². The van der Waals surface area contributed by atoms with E-state index in [2.05, 4.69) is 5.32 Å². The summed E-state index contributed by atoms with van der Waals surface area (Å²) in [6, 6.07) is 10.9. The number of halogens is 1. The number of nitrogens with one attached hydrogen (secondary N) is 1. The van der Waals surface area contributed by atoms with Gasteiger partial charge in [-0.1, -0.05) is 24.3 Å². The average Bonchev–Trinajstić information content (AvgIpc) is 2.93. The van der Waals surface area contributed by atoms with E-state index < -0.39 is 11.9 Å². The monoisotopic (exact) mass is 338 g/mol. The number of carbonyl (C=O) groups is 3. The van der Waals surface area contributed by atoms with Gasteiger partial charge in [-0.15, -0.1) is 0 Å². The number of imide groups is 1. The van der Waals surface area contributed by atoms with Gasteiger partial charge in [0.1, 0.15) is 11.9 Å². The van der Waals surface area contributed by atoms with E-state index in [1.807, 2.05) is 6.07 Å². The Balaban J connectivity index is 1.70. The highest BCUT2D eigenvalue weighted by Gasteiger charge is 2.39. The summed E-state index contributed by atoms with van der Waals surface area (Å²) < 4.78 is 13.2. The normalized spacial score (nSPS) is 19.8. The van der Waals surface area contributed by atoms with E-state index in [1.54, 1.807) is 24.3 Å². The van der Waals surface area contributed by atoms with Crippen LogP contribution in [-0.2, 0) is 16.1 Å². The van der Waals surface area contributed by atoms with Gasteiger partial charge in [-0.25, -0.2) is 4.39 Å². The fourth-order valence-electron chi connectivity index (χ4n) is 3.49. The lowest BCUT2D eigenvalue weighted by Crippen LogP contribution is -2.52. The highest BCUT2D eigenvalue weighted by Crippen LogP contribution is 2.34. The van der Waals surface area contributed by atoms with Crippen LogP contribution in [0.15, 0.2) is 42.5 Å². The molecule has 25 heavy (non-hydrogen) atoms. The van der Waals surface area contributed by atoms with Crippen molar-refractivity contribution in [2.75, 3.05) is 0 Å². The van der Waals surface area contributed by atoms with Crippen LogP contribution in [0.4, 0.5) is 4.39 Å². The van der Waals surface area contributed by atoms with E-state index in [0.29, 0.717) is 18.5 Å². The van der Waals surface area contributed by atoms with E-state index in [1.165, 1.54) is 17.0 Å². The first-order chi connectivity index (χ1) is 12.0. The van der Waals surface area contributed by atoms with Gasteiger partial charge in [-0.2, -0.15) is 0 Å². The molecule has 6 heteroatoms. The van der Waals surface area contributed by atoms with Crippen LogP contribution >= 0.6 is 0 Å². The minimum Gasteiger partial charge on any atom is -0.322 e. The third-order valence-corrected chi connectivity index (χ3v) is 4.74. The van der Waals surface area contributed by atoms with Crippen molar-refractivity contribution < 1.29 is 18.8 Å². The first-order valence-corrected chi connectivity index (χ1v) is 8.07. The molecule has 1 unspecified atom stereocenters. The number of hydrogen-bond acceptors (Lipinski definition) is 3. The van der Waals surface area contributed by atoms with Gasteiger partial charge in [0.05, 0.1) is 0 Å². The number of nitrogens with zero attached hydrogens (tertiary/aromatic N) is 1. The number of benzene rings is 2. The van der Waals surface area contributed by atoms with Crippen molar-refractivity contribution in [3.63, 3.8) is 0 Å². The second-order valence-corrected chi connectivity index (χ2v) is 6.24. The van der Waals surface area contributed by atoms with Crippen LogP contribution < -0.4 is 5.32 Å². The molecule has 1 saturated heterocycles. The predicted molar refractivity (Wildman–Crippen MR) is 87.9 cm³/mol. The van der Waals surface area contributed by atoms with Crippen molar-refractivity contribution in [1.82, 2.24) is 10.2 Å². The van der Waals surface area contributed by atoms with Crippen molar-refractivity contribution in [2.45, 2.75) is 25.4 Å². The first kappa shape index (κ1) is 15.5. The van der Waals surface area contributed by atoms with Gasteiger partial charge in [0.15, 0.2) is 0 Å². The quantitative estimate of drug-likeness (QED) is 0.854. The summed E-state index contributed by atoms with van der Waals surface area (Å²) in [6.45, 7) is 0.300. The Morgan fingerprint density at radius 2 is 1.72 bits per heavy atom. The summed E-state index contributed by atoms with van der Waals surface area (Å²) in [5.41, 5.74) is 3.03. The van der Waals surface area contributed by atoms with E-state index in [-0.39, 0.29) is 24.1 Å². The van der Waals surface area contributed by atoms with Gasteiger partial charge >= 0.3 is 0 Å². The first-order valence-electron chi connectivity index (χ1n) is 8.07. The van der Waals surface area contributed by atoms with Gasteiger partial charge < -0.3 is 4.90 Å². The van der Waals surface area contributed by atoms with E-state index in [0.717, 1.165) is 16.7 Å². The molecule has 0 radical (unpaired) electrons. The van der Waals surface area contributed by atoms with Crippen molar-refractivity contribution in [1.29, 1.82) is 0 Å². The van der Waals surface area contributed by atoms with E-state index in [9.17, 15) is 18.8 Å². The Hall–Kier alpha value is -3.02. The summed E-state index contributed by atoms with van der Waals surface area (Å²) in [7, 11) is 0. The Bertz CT molecular complexity index is 892. The van der Waals surface area contributed by atoms with Crippen LogP contribution in [0.2, 0.25) is 0 Å². The van der Waals surface area contributed by atoms with Crippen LogP contribution in [0.3, 0.4) is 0 Å². The molecular weight excluding hydrogens is 323 g/mol. The number of rotatable bonds is 2. The molecule has 0 bridgehead atoms. The van der Waals surface area contributed by atoms with Crippen LogP contribution in [-0.4, -0.2) is 28.7 Å². The maximum absolute atomic E-state index is 13.2. The summed E-state index contributed by atoms with van der Waals surface area (Å²) in [6.07, 6.45) is 0.553. The maximum Gasteiger partial charge on any atom is 0.255 e. The minimum atomic E-state index is -0.640. The number of fused-ring (bicyclic) bond motifs is 1. The molecule has 5 nitrogen and oxygen atoms in total. The third-order valence-electron chi connectivity index (χ3n) is 4.74. The lowest BCUT2D eigenvalue weighted by molar-refractivity contribution is -0.136. The number of piperidine rings is 1. The zero-order chi connectivity index (χ0) is 17.6. The molecule has 4 rings (SSSR count). The standard InChI is InChI=1S/C19H15FN2O3/c20-12-6-4-11(5-7-12)13-2-1-3-14-15(13)10-22(19(14)25)16-8-9-17(23)21-18(16)24/h1-7,16H,8-10H2,(H,21,23,24). The van der Waals surface area contributed by atoms with Crippen molar-refractivity contribution in [3.8, 4) is 11.1 Å². The largest absolute Gasteiger partial charge is 0.322 e. The number of amides is 3. The Morgan fingerprint density at radius 1 is 1.00 bits per heavy atom. The third kappa shape index (κ3) is 2.59. The SMILES string of the molecule is O=C1CCC(N2Cc3c(cccc3-c3ccc(F)cc3)C2=O)C(=O)N1. The molecule has 2 aliphatic heterocycles. The highest BCUT2D eigenvalue weighted by molar-refractivity contribution is 6.06. The lowest BCUT2D eigenvalue weighted by Gasteiger charge is -2.29. The number of hydrogen-bond donors (Lipinski definition) is 1. The van der Waals surface area contributed by atoms with Crippen LogP contribution in [0.1, 0.15) is 28.8 Å². The molecule has 2 aromatic carbocycles. The fraction of sp³-hybridized carbons (Fsp3) is 0.211. The van der Waals surface area contributed by atoms with E-state index in [4.69, 9.17) is 0 Å². The summed E-state index contributed by atoms with van der Waals surface area (Å²) in [5.74, 6) is -1.27. The van der Waals surface area contributed by atoms with Crippen LogP contribution in [0.5, 0.6) is 0 Å². The van der Waals surface area contributed by atoms with E-state index >= 15 is 0 Å². The summed E-state index contributed by atoms with van der Waals surface area (Å²) in [5, 5.41) is 2.29. The Kier molecular flexibility index (Phi) is 3.60. The molecule has 3 amide bonds. The molecule has 2 heterocycles. The van der Waals surface area contributed by atoms with Crippen LogP contribution in [0, 0.1) is 5.82 Å². The maximum atomic E-state index is 13.2. The number of carbonyl (C=O) groups excluding carboxylic acids is 3. The van der Waals surface area contributed by atoms with Crippen molar-refractivity contribution in [3.05, 3.63) is 59.4 Å². The second-order valence-electron chi connectivity index (χ2n) is 6.24. The molecule has 0 aromatic heterocycles. The molecule has 0 spiro atoms. The fourth-order valence-corrected chi connectivity index (χ4v) is 3.49. The highest BCUT2D eigenvalue weighted by atomic mass is 19.1. The summed E-state index contributed by atoms with van der Waals surface area (Å²) >= 11 is 0. The summed E-state index contributed by atoms with van der Waals surface area (Å²) in [4.78, 5) is 37.7. The molecule has 2 aliphatic rings. The average molecular weight is 338 g/mol. The molecule has 1 fully saturated rings. The van der Waals surface area contributed by atoms with Gasteiger partial charge in [0, 0.05) is 18.5 Å². The Labute approximate surface area is 143 Å². The van der Waals surface area contributed by atoms with Gasteiger partial charge in [0.2, 0.25) is 11.8 Å². The zero-order valence-electron chi connectivity index (χ0n) is 13.3. The topological polar surface area (TPSA) is 66.5 Å². The predicted octanol–water partition coefficient (Wildman–Crippen LogP) is 2.25. The van der Waals surface area contributed by atoms with Gasteiger partial charge in [-0.3, -0.25) is 19.7 Å². The lowest BCUT2D eigenvalue weighted by atomic mass is 9.97. The molecule has 1 N–H and O–H groups in total. The zero-order valence-corrected chi connectivity index (χ0v) is 13.3. The molecule has 2 aromatic rings. The van der Waals surface area contributed by atoms with Gasteiger partial charge in [0.25, 0.3) is 5.91 Å². The molecule has 0 aliphatic carbocycles. The minimum absolute atomic E-state index is 0.214. The molecule has 126 valence electrons. The molecule has 0 saturated carbocycles. The molecular formula is C19H15FN2O3. The van der Waals surface area contributed by atoms with Crippen molar-refractivity contribution in [2.24, 2.45) is 0 Å². The second kappa shape index (κ2) is 5.81. The van der Waals surface area contributed by atoms with Gasteiger partial charge in [-0.05, 0) is 41.3 Å². The Morgan fingerprint density at radius 3 is 2.44 bits per heavy atom.